The van der Waals surface area contributed by atoms with Gasteiger partial charge in [0.2, 0.25) is 0 Å². The van der Waals surface area contributed by atoms with Crippen LogP contribution >= 0.6 is 11.8 Å². The second-order valence-corrected chi connectivity index (χ2v) is 5.73. The van der Waals surface area contributed by atoms with E-state index in [2.05, 4.69) is 10.3 Å². The molecule has 2 aliphatic rings. The minimum absolute atomic E-state index is 0.241. The number of hydrogen-bond acceptors (Lipinski definition) is 4. The first-order valence-electron chi connectivity index (χ1n) is 6.31. The van der Waals surface area contributed by atoms with Crippen LogP contribution in [-0.4, -0.2) is 35.1 Å². The highest BCUT2D eigenvalue weighted by atomic mass is 32.2. The Morgan fingerprint density at radius 1 is 1.59 bits per heavy atom. The van der Waals surface area contributed by atoms with Gasteiger partial charge in [0.1, 0.15) is 6.04 Å². The Kier molecular flexibility index (Phi) is 3.97. The maximum atomic E-state index is 11.5. The third kappa shape index (κ3) is 2.94. The zero-order valence-electron chi connectivity index (χ0n) is 10.5. The number of hydrogen-bond donors (Lipinski definition) is 1. The molecule has 1 saturated carbocycles. The molecular weight excluding hydrogens is 236 g/mol. The van der Waals surface area contributed by atoms with Crippen molar-refractivity contribution >= 4 is 22.9 Å². The summed E-state index contributed by atoms with van der Waals surface area (Å²) in [6.07, 6.45) is 5.06. The fourth-order valence-electron chi connectivity index (χ4n) is 2.39. The van der Waals surface area contributed by atoms with Crippen molar-refractivity contribution in [2.75, 3.05) is 12.4 Å². The summed E-state index contributed by atoms with van der Waals surface area (Å²) >= 11 is 1.73. The van der Waals surface area contributed by atoms with Crippen molar-refractivity contribution in [1.82, 2.24) is 5.32 Å². The molecule has 17 heavy (non-hydrogen) atoms. The predicted molar refractivity (Wildman–Crippen MR) is 70.3 cm³/mol. The van der Waals surface area contributed by atoms with Gasteiger partial charge in [-0.05, 0) is 26.7 Å². The molecule has 96 valence electrons. The van der Waals surface area contributed by atoms with Gasteiger partial charge in [0, 0.05) is 11.3 Å². The van der Waals surface area contributed by atoms with E-state index in [-0.39, 0.29) is 11.5 Å². The van der Waals surface area contributed by atoms with Crippen LogP contribution in [0.5, 0.6) is 0 Å². The van der Waals surface area contributed by atoms with Crippen LogP contribution in [0.25, 0.3) is 0 Å². The van der Waals surface area contributed by atoms with E-state index in [1.807, 2.05) is 6.92 Å². The predicted octanol–water partition coefficient (Wildman–Crippen LogP) is 1.94. The van der Waals surface area contributed by atoms with Gasteiger partial charge in [-0.1, -0.05) is 24.6 Å². The first-order chi connectivity index (χ1) is 8.15. The fourth-order valence-corrected chi connectivity index (χ4v) is 3.68. The van der Waals surface area contributed by atoms with Gasteiger partial charge in [-0.2, -0.15) is 0 Å². The summed E-state index contributed by atoms with van der Waals surface area (Å²) in [6.45, 7) is 4.01. The Morgan fingerprint density at radius 2 is 2.29 bits per heavy atom. The third-order valence-corrected chi connectivity index (χ3v) is 4.53. The number of nitrogens with one attached hydrogen (secondary N) is 1. The van der Waals surface area contributed by atoms with E-state index in [0.717, 1.165) is 10.9 Å². The van der Waals surface area contributed by atoms with Crippen LogP contribution in [0, 0.1) is 0 Å². The quantitative estimate of drug-likeness (QED) is 0.784. The molecule has 1 atom stereocenters. The summed E-state index contributed by atoms with van der Waals surface area (Å²) in [6, 6.07) is -0.401. The lowest BCUT2D eigenvalue weighted by Crippen LogP contribution is -2.41. The molecule has 1 unspecified atom stereocenters. The molecule has 0 aromatic carbocycles. The van der Waals surface area contributed by atoms with Crippen LogP contribution in [0.1, 0.15) is 39.5 Å². The van der Waals surface area contributed by atoms with Gasteiger partial charge < -0.3 is 10.1 Å². The Balaban J connectivity index is 1.93. The maximum Gasteiger partial charge on any atom is 0.330 e. The second kappa shape index (κ2) is 5.29. The van der Waals surface area contributed by atoms with Crippen molar-refractivity contribution in [3.8, 4) is 0 Å². The molecule has 0 radical (unpaired) electrons. The SMILES string of the molecule is CCOC(=O)C(C)N=C1NC2(CCCC2)CS1. The normalized spacial score (nSPS) is 26.1. The van der Waals surface area contributed by atoms with E-state index in [4.69, 9.17) is 4.74 Å². The largest absolute Gasteiger partial charge is 0.464 e. The molecular formula is C12H20N2O2S. The molecule has 0 aromatic heterocycles. The maximum absolute atomic E-state index is 11.5. The number of carbonyl (C=O) groups is 1. The molecule has 4 nitrogen and oxygen atoms in total. The summed E-state index contributed by atoms with van der Waals surface area (Å²) in [5, 5.41) is 4.41. The van der Waals surface area contributed by atoms with E-state index in [1.54, 1.807) is 18.7 Å². The van der Waals surface area contributed by atoms with Crippen molar-refractivity contribution < 1.29 is 9.53 Å². The molecule has 2 rings (SSSR count). The number of rotatable bonds is 3. The lowest BCUT2D eigenvalue weighted by molar-refractivity contribution is -0.144. The number of carbonyl (C=O) groups excluding carboxylic acids is 1. The van der Waals surface area contributed by atoms with Gasteiger partial charge >= 0.3 is 5.97 Å². The Hall–Kier alpha value is -0.710. The van der Waals surface area contributed by atoms with Crippen molar-refractivity contribution in [2.24, 2.45) is 4.99 Å². The summed E-state index contributed by atoms with van der Waals surface area (Å²) in [5.74, 6) is 0.844. The van der Waals surface area contributed by atoms with Gasteiger partial charge in [-0.25, -0.2) is 9.79 Å². The summed E-state index contributed by atoms with van der Waals surface area (Å²) in [5.41, 5.74) is 0.262. The minimum atomic E-state index is -0.401. The topological polar surface area (TPSA) is 50.7 Å². The van der Waals surface area contributed by atoms with Crippen LogP contribution in [0.3, 0.4) is 0 Å². The third-order valence-electron chi connectivity index (χ3n) is 3.36. The van der Waals surface area contributed by atoms with Gasteiger partial charge in [0.15, 0.2) is 5.17 Å². The summed E-state index contributed by atoms with van der Waals surface area (Å²) in [4.78, 5) is 15.9. The lowest BCUT2D eigenvalue weighted by atomic mass is 10.0. The number of aliphatic imine (C=N–C) groups is 1. The average Bonchev–Trinajstić information content (AvgIpc) is 2.90. The molecule has 1 spiro atoms. The van der Waals surface area contributed by atoms with Crippen molar-refractivity contribution in [1.29, 1.82) is 0 Å². The first-order valence-corrected chi connectivity index (χ1v) is 7.29. The molecule has 1 aliphatic carbocycles. The molecule has 0 amide bonds. The van der Waals surface area contributed by atoms with Crippen molar-refractivity contribution in [3.05, 3.63) is 0 Å². The molecule has 1 saturated heterocycles. The van der Waals surface area contributed by atoms with Crippen LogP contribution in [0.4, 0.5) is 0 Å². The second-order valence-electron chi connectivity index (χ2n) is 4.76. The van der Waals surface area contributed by atoms with Gasteiger partial charge in [-0.3, -0.25) is 0 Å². The number of ether oxygens (including phenoxy) is 1. The van der Waals surface area contributed by atoms with Crippen molar-refractivity contribution in [3.63, 3.8) is 0 Å². The number of thioether (sulfide) groups is 1. The molecule has 0 aromatic rings. The Labute approximate surface area is 107 Å². The Morgan fingerprint density at radius 3 is 2.94 bits per heavy atom. The zero-order valence-corrected chi connectivity index (χ0v) is 11.3. The average molecular weight is 256 g/mol. The lowest BCUT2D eigenvalue weighted by Gasteiger charge is -2.21. The van der Waals surface area contributed by atoms with Gasteiger partial charge in [0.25, 0.3) is 0 Å². The van der Waals surface area contributed by atoms with Crippen LogP contribution < -0.4 is 5.32 Å². The van der Waals surface area contributed by atoms with E-state index in [0.29, 0.717) is 6.61 Å². The number of esters is 1. The van der Waals surface area contributed by atoms with Gasteiger partial charge in [0.05, 0.1) is 6.61 Å². The zero-order chi connectivity index (χ0) is 12.3. The smallest absolute Gasteiger partial charge is 0.330 e. The van der Waals surface area contributed by atoms with E-state index >= 15 is 0 Å². The van der Waals surface area contributed by atoms with Crippen LogP contribution in [0.15, 0.2) is 4.99 Å². The van der Waals surface area contributed by atoms with Crippen molar-refractivity contribution in [2.45, 2.75) is 51.1 Å². The standard InChI is InChI=1S/C12H20N2O2S/c1-3-16-10(15)9(2)13-11-14-12(8-17-11)6-4-5-7-12/h9H,3-8H2,1-2H3,(H,13,14). The molecule has 1 aliphatic heterocycles. The summed E-state index contributed by atoms with van der Waals surface area (Å²) in [7, 11) is 0. The minimum Gasteiger partial charge on any atom is -0.464 e. The summed E-state index contributed by atoms with van der Waals surface area (Å²) < 4.78 is 4.95. The first kappa shape index (κ1) is 12.7. The van der Waals surface area contributed by atoms with Crippen LogP contribution in [-0.2, 0) is 9.53 Å². The number of nitrogens with zero attached hydrogens (tertiary/aromatic N) is 1. The molecule has 5 heteroatoms. The highest BCUT2D eigenvalue weighted by Gasteiger charge is 2.39. The fraction of sp³-hybridized carbons (Fsp3) is 0.833. The highest BCUT2D eigenvalue weighted by Crippen LogP contribution is 2.37. The monoisotopic (exact) mass is 256 g/mol. The molecule has 0 bridgehead atoms. The number of amidine groups is 1. The van der Waals surface area contributed by atoms with E-state index < -0.39 is 6.04 Å². The molecule has 1 N–H and O–H groups in total. The molecule has 2 fully saturated rings. The van der Waals surface area contributed by atoms with E-state index in [1.165, 1.54) is 25.7 Å². The van der Waals surface area contributed by atoms with E-state index in [9.17, 15) is 4.79 Å². The highest BCUT2D eigenvalue weighted by molar-refractivity contribution is 8.14. The molecule has 1 heterocycles. The van der Waals surface area contributed by atoms with Crippen LogP contribution in [0.2, 0.25) is 0 Å². The Bertz CT molecular complexity index is 324. The van der Waals surface area contributed by atoms with Gasteiger partial charge in [-0.15, -0.1) is 0 Å².